The lowest BCUT2D eigenvalue weighted by atomic mass is 9.84. The van der Waals surface area contributed by atoms with Crippen molar-refractivity contribution in [2.75, 3.05) is 27.3 Å². The van der Waals surface area contributed by atoms with E-state index in [0.29, 0.717) is 29.2 Å². The number of aryl methyl sites for hydroxylation is 1. The third-order valence-electron chi connectivity index (χ3n) is 6.69. The second kappa shape index (κ2) is 9.06. The largest absolute Gasteiger partial charge is 0.481 e. The normalized spacial score (nSPS) is 17.6. The van der Waals surface area contributed by atoms with Gasteiger partial charge in [-0.05, 0) is 51.0 Å². The molecule has 0 radical (unpaired) electrons. The van der Waals surface area contributed by atoms with Crippen molar-refractivity contribution in [3.05, 3.63) is 35.4 Å². The van der Waals surface area contributed by atoms with E-state index in [1.54, 1.807) is 19.2 Å². The highest BCUT2D eigenvalue weighted by atomic mass is 16.5. The van der Waals surface area contributed by atoms with Gasteiger partial charge in [0.2, 0.25) is 11.8 Å². The maximum Gasteiger partial charge on any atom is 0.259 e. The molecule has 0 unspecified atom stereocenters. The third-order valence-corrected chi connectivity index (χ3v) is 6.69. The fourth-order valence-corrected chi connectivity index (χ4v) is 4.53. The number of rotatable bonds is 7. The Hall–Kier alpha value is -2.57. The molecule has 1 aliphatic heterocycles. The van der Waals surface area contributed by atoms with Gasteiger partial charge in [-0.1, -0.05) is 6.42 Å². The summed E-state index contributed by atoms with van der Waals surface area (Å²) in [7, 11) is 3.08. The summed E-state index contributed by atoms with van der Waals surface area (Å²) in [4.78, 5) is 23.8. The van der Waals surface area contributed by atoms with Gasteiger partial charge in [-0.15, -0.1) is 0 Å². The van der Waals surface area contributed by atoms with Gasteiger partial charge in [-0.2, -0.15) is 4.98 Å². The Balaban J connectivity index is 1.32. The first-order chi connectivity index (χ1) is 14.6. The summed E-state index contributed by atoms with van der Waals surface area (Å²) in [6.45, 7) is 4.74. The number of amides is 1. The first-order valence-electron chi connectivity index (χ1n) is 11.0. The van der Waals surface area contributed by atoms with Gasteiger partial charge in [-0.3, -0.25) is 4.79 Å². The molecule has 4 rings (SSSR count). The zero-order valence-electron chi connectivity index (χ0n) is 18.3. The van der Waals surface area contributed by atoms with Crippen molar-refractivity contribution >= 4 is 5.91 Å². The maximum atomic E-state index is 13.0. The van der Waals surface area contributed by atoms with Crippen LogP contribution in [0.2, 0.25) is 0 Å². The molecule has 7 nitrogen and oxygen atoms in total. The molecule has 0 bridgehead atoms. The number of hydrogen-bond acceptors (Lipinski definition) is 5. The Morgan fingerprint density at radius 3 is 2.53 bits per heavy atom. The lowest BCUT2D eigenvalue weighted by Gasteiger charge is -2.33. The number of carbonyl (C=O) groups is 1. The highest BCUT2D eigenvalue weighted by Crippen LogP contribution is 2.36. The van der Waals surface area contributed by atoms with Crippen molar-refractivity contribution in [2.45, 2.75) is 57.9 Å². The van der Waals surface area contributed by atoms with Crippen LogP contribution in [0.4, 0.5) is 0 Å². The van der Waals surface area contributed by atoms with E-state index < -0.39 is 0 Å². The highest BCUT2D eigenvalue weighted by Gasteiger charge is 2.28. The van der Waals surface area contributed by atoms with Gasteiger partial charge in [0.1, 0.15) is 11.4 Å². The topological polar surface area (TPSA) is 69.5 Å². The smallest absolute Gasteiger partial charge is 0.259 e. The molecule has 7 heteroatoms. The van der Waals surface area contributed by atoms with Gasteiger partial charge in [0, 0.05) is 43.5 Å². The van der Waals surface area contributed by atoms with Crippen LogP contribution in [0.5, 0.6) is 11.8 Å². The van der Waals surface area contributed by atoms with Crippen LogP contribution < -0.4 is 9.47 Å². The van der Waals surface area contributed by atoms with E-state index in [0.717, 1.165) is 38.9 Å². The Morgan fingerprint density at radius 2 is 1.90 bits per heavy atom. The highest BCUT2D eigenvalue weighted by molar-refractivity contribution is 5.96. The van der Waals surface area contributed by atoms with Gasteiger partial charge >= 0.3 is 0 Å². The third kappa shape index (κ3) is 4.16. The van der Waals surface area contributed by atoms with Crippen molar-refractivity contribution in [2.24, 2.45) is 5.92 Å². The Morgan fingerprint density at radius 1 is 1.13 bits per heavy atom. The van der Waals surface area contributed by atoms with Crippen LogP contribution in [0.1, 0.15) is 66.3 Å². The minimum absolute atomic E-state index is 0.0156. The monoisotopic (exact) mass is 412 g/mol. The average Bonchev–Trinajstić information content (AvgIpc) is 3.10. The zero-order valence-corrected chi connectivity index (χ0v) is 18.3. The minimum Gasteiger partial charge on any atom is -0.481 e. The van der Waals surface area contributed by atoms with Crippen LogP contribution in [0.3, 0.4) is 0 Å². The quantitative estimate of drug-likeness (QED) is 0.692. The average molecular weight is 413 g/mol. The number of likely N-dealkylation sites (tertiary alicyclic amines) is 1. The molecule has 1 saturated carbocycles. The Labute approximate surface area is 178 Å². The van der Waals surface area contributed by atoms with E-state index in [1.165, 1.54) is 37.9 Å². The molecular formula is C23H32N4O3. The predicted octanol–water partition coefficient (Wildman–Crippen LogP) is 3.81. The molecule has 2 fully saturated rings. The van der Waals surface area contributed by atoms with Crippen LogP contribution in [0.25, 0.3) is 0 Å². The van der Waals surface area contributed by atoms with E-state index in [-0.39, 0.29) is 5.91 Å². The van der Waals surface area contributed by atoms with E-state index in [2.05, 4.69) is 21.5 Å². The number of pyridine rings is 1. The summed E-state index contributed by atoms with van der Waals surface area (Å²) in [5.41, 5.74) is 1.76. The summed E-state index contributed by atoms with van der Waals surface area (Å²) >= 11 is 0. The Kier molecular flexibility index (Phi) is 6.25. The van der Waals surface area contributed by atoms with Crippen molar-refractivity contribution in [3.8, 4) is 11.8 Å². The Bertz CT molecular complexity index is 883. The van der Waals surface area contributed by atoms with Crippen LogP contribution in [-0.4, -0.2) is 52.7 Å². The van der Waals surface area contributed by atoms with Crippen LogP contribution in [0, 0.1) is 12.8 Å². The predicted molar refractivity (Wildman–Crippen MR) is 114 cm³/mol. The molecule has 30 heavy (non-hydrogen) atoms. The lowest BCUT2D eigenvalue weighted by molar-refractivity contribution is 0.0680. The summed E-state index contributed by atoms with van der Waals surface area (Å²) < 4.78 is 12.9. The molecule has 1 aliphatic carbocycles. The van der Waals surface area contributed by atoms with Crippen molar-refractivity contribution < 1.29 is 14.3 Å². The standard InChI is InChI=1S/C23H32N4O3/c1-16-15-24-21(18-5-4-6-18)27(16)14-11-17-9-12-26(13-10-17)23(28)19-7-8-20(29-2)25-22(19)30-3/h7-8,15,17-18H,4-6,9-14H2,1-3H3. The molecule has 0 atom stereocenters. The first kappa shape index (κ1) is 20.7. The van der Waals surface area contributed by atoms with E-state index in [9.17, 15) is 4.79 Å². The summed E-state index contributed by atoms with van der Waals surface area (Å²) in [6, 6.07) is 3.44. The van der Waals surface area contributed by atoms with E-state index >= 15 is 0 Å². The molecule has 1 saturated heterocycles. The summed E-state index contributed by atoms with van der Waals surface area (Å²) in [6.07, 6.45) is 9.12. The number of ether oxygens (including phenoxy) is 2. The van der Waals surface area contributed by atoms with Crippen LogP contribution in [0.15, 0.2) is 18.3 Å². The van der Waals surface area contributed by atoms with E-state index in [1.807, 2.05) is 11.1 Å². The molecule has 3 heterocycles. The molecular weight excluding hydrogens is 380 g/mol. The number of imidazole rings is 1. The van der Waals surface area contributed by atoms with Crippen molar-refractivity contribution in [1.29, 1.82) is 0 Å². The molecule has 2 aliphatic rings. The van der Waals surface area contributed by atoms with Crippen molar-refractivity contribution in [3.63, 3.8) is 0 Å². The molecule has 0 spiro atoms. The number of nitrogens with zero attached hydrogens (tertiary/aromatic N) is 4. The number of hydrogen-bond donors (Lipinski definition) is 0. The van der Waals surface area contributed by atoms with Gasteiger partial charge in [0.05, 0.1) is 14.2 Å². The minimum atomic E-state index is -0.0156. The molecule has 0 N–H and O–H groups in total. The molecule has 2 aromatic heterocycles. The fourth-order valence-electron chi connectivity index (χ4n) is 4.53. The molecule has 162 valence electrons. The number of methoxy groups -OCH3 is 2. The van der Waals surface area contributed by atoms with Gasteiger partial charge in [-0.25, -0.2) is 4.98 Å². The second-order valence-electron chi connectivity index (χ2n) is 8.47. The molecule has 2 aromatic rings. The SMILES string of the molecule is COc1ccc(C(=O)N2CCC(CCn3c(C)cnc3C3CCC3)CC2)c(OC)n1. The molecule has 0 aromatic carbocycles. The van der Waals surface area contributed by atoms with Gasteiger partial charge < -0.3 is 18.9 Å². The number of piperidine rings is 1. The van der Waals surface area contributed by atoms with Gasteiger partial charge in [0.15, 0.2) is 0 Å². The fraction of sp³-hybridized carbons (Fsp3) is 0.609. The first-order valence-corrected chi connectivity index (χ1v) is 11.0. The van der Waals surface area contributed by atoms with Crippen LogP contribution in [-0.2, 0) is 6.54 Å². The van der Waals surface area contributed by atoms with Crippen LogP contribution >= 0.6 is 0 Å². The summed E-state index contributed by atoms with van der Waals surface area (Å²) in [5, 5.41) is 0. The van der Waals surface area contributed by atoms with Gasteiger partial charge in [0.25, 0.3) is 5.91 Å². The second-order valence-corrected chi connectivity index (χ2v) is 8.47. The summed E-state index contributed by atoms with van der Waals surface area (Å²) in [5.74, 6) is 3.33. The number of aromatic nitrogens is 3. The van der Waals surface area contributed by atoms with E-state index in [4.69, 9.17) is 9.47 Å². The zero-order chi connectivity index (χ0) is 21.1. The maximum absolute atomic E-state index is 13.0. The lowest BCUT2D eigenvalue weighted by Crippen LogP contribution is -2.39. The van der Waals surface area contributed by atoms with Crippen molar-refractivity contribution in [1.82, 2.24) is 19.4 Å². The number of carbonyl (C=O) groups excluding carboxylic acids is 1. The molecule has 1 amide bonds.